The molecule has 4 aromatic rings. The lowest BCUT2D eigenvalue weighted by Crippen LogP contribution is -2.39. The minimum absolute atomic E-state index is 0.00737. The lowest BCUT2D eigenvalue weighted by molar-refractivity contribution is 0.0915. The van der Waals surface area contributed by atoms with E-state index in [0.29, 0.717) is 23.5 Å². The van der Waals surface area contributed by atoms with E-state index in [9.17, 15) is 9.90 Å². The first-order chi connectivity index (χ1) is 17.4. The smallest absolute Gasteiger partial charge is 0.254 e. The number of rotatable bonds is 8. The van der Waals surface area contributed by atoms with E-state index >= 15 is 0 Å². The van der Waals surface area contributed by atoms with Gasteiger partial charge in [0.2, 0.25) is 0 Å². The molecule has 1 amide bonds. The number of amides is 1. The molecule has 5 rings (SSSR count). The number of ether oxygens (including phenoxy) is 2. The summed E-state index contributed by atoms with van der Waals surface area (Å²) in [5.74, 6) is 1.17. The molecule has 2 aromatic carbocycles. The van der Waals surface area contributed by atoms with Crippen molar-refractivity contribution in [3.05, 3.63) is 70.0 Å². The van der Waals surface area contributed by atoms with Gasteiger partial charge in [0.05, 0.1) is 41.7 Å². The Bertz CT molecular complexity index is 1420. The number of H-pyrrole nitrogens is 1. The molecule has 36 heavy (non-hydrogen) atoms. The average Bonchev–Trinajstić information content (AvgIpc) is 3.44. The van der Waals surface area contributed by atoms with Crippen LogP contribution in [-0.2, 0) is 19.4 Å². The number of aromatic nitrogens is 2. The van der Waals surface area contributed by atoms with E-state index in [2.05, 4.69) is 30.8 Å². The molecule has 2 aromatic heterocycles. The molecule has 188 valence electrons. The van der Waals surface area contributed by atoms with Crippen molar-refractivity contribution in [2.75, 3.05) is 13.7 Å². The molecule has 0 bridgehead atoms. The molecule has 1 aliphatic heterocycles. The number of aliphatic hydroxyl groups excluding tert-OH is 1. The second kappa shape index (κ2) is 10.0. The second-order valence-electron chi connectivity index (χ2n) is 9.38. The van der Waals surface area contributed by atoms with Gasteiger partial charge in [-0.05, 0) is 78.0 Å². The van der Waals surface area contributed by atoms with Crippen LogP contribution in [0.15, 0.2) is 53.3 Å². The number of hydrogen-bond donors (Lipinski definition) is 3. The Kier molecular flexibility index (Phi) is 6.81. The van der Waals surface area contributed by atoms with Crippen LogP contribution in [0.5, 0.6) is 11.5 Å². The summed E-state index contributed by atoms with van der Waals surface area (Å²) in [4.78, 5) is 16.6. The van der Waals surface area contributed by atoms with E-state index in [1.54, 1.807) is 7.11 Å². The van der Waals surface area contributed by atoms with Crippen molar-refractivity contribution in [3.8, 4) is 22.8 Å². The second-order valence-corrected chi connectivity index (χ2v) is 10.1. The number of nitrogens with one attached hydrogen (secondary N) is 2. The molecular formula is C28H30BrN3O4. The monoisotopic (exact) mass is 551 g/mol. The maximum Gasteiger partial charge on any atom is 0.254 e. The number of nitrogens with zero attached hydrogens (tertiary/aromatic N) is 1. The summed E-state index contributed by atoms with van der Waals surface area (Å²) >= 11 is 3.66. The number of methoxy groups -OCH3 is 1. The summed E-state index contributed by atoms with van der Waals surface area (Å²) in [6, 6.07) is 13.5. The van der Waals surface area contributed by atoms with Crippen molar-refractivity contribution >= 4 is 32.7 Å². The zero-order valence-corrected chi connectivity index (χ0v) is 22.2. The van der Waals surface area contributed by atoms with E-state index < -0.39 is 6.04 Å². The number of aryl methyl sites for hydroxylation is 1. The number of carbonyl (C=O) groups excluding carboxylic acids is 1. The molecule has 0 saturated carbocycles. The van der Waals surface area contributed by atoms with Crippen LogP contribution in [-0.4, -0.2) is 46.4 Å². The van der Waals surface area contributed by atoms with E-state index in [4.69, 9.17) is 9.47 Å². The predicted octanol–water partition coefficient (Wildman–Crippen LogP) is 5.08. The fourth-order valence-electron chi connectivity index (χ4n) is 4.90. The van der Waals surface area contributed by atoms with Gasteiger partial charge < -0.3 is 29.4 Å². The van der Waals surface area contributed by atoms with Crippen molar-refractivity contribution in [3.63, 3.8) is 0 Å². The Balaban J connectivity index is 1.42. The highest BCUT2D eigenvalue weighted by molar-refractivity contribution is 9.10. The van der Waals surface area contributed by atoms with Gasteiger partial charge >= 0.3 is 0 Å². The Morgan fingerprint density at radius 2 is 2.03 bits per heavy atom. The van der Waals surface area contributed by atoms with Crippen LogP contribution >= 0.6 is 15.9 Å². The third-order valence-corrected chi connectivity index (χ3v) is 7.46. The van der Waals surface area contributed by atoms with E-state index in [0.717, 1.165) is 50.9 Å². The fourth-order valence-corrected chi connectivity index (χ4v) is 5.56. The predicted molar refractivity (Wildman–Crippen MR) is 144 cm³/mol. The fraction of sp³-hybridized carbons (Fsp3) is 0.321. The first-order valence-corrected chi connectivity index (χ1v) is 12.9. The van der Waals surface area contributed by atoms with E-state index in [-0.39, 0.29) is 18.6 Å². The van der Waals surface area contributed by atoms with Gasteiger partial charge in [0.25, 0.3) is 5.91 Å². The largest absolute Gasteiger partial charge is 0.493 e. The molecular weight excluding hydrogens is 522 g/mol. The van der Waals surface area contributed by atoms with Crippen molar-refractivity contribution in [2.45, 2.75) is 45.4 Å². The summed E-state index contributed by atoms with van der Waals surface area (Å²) < 4.78 is 14.4. The first kappa shape index (κ1) is 24.5. The van der Waals surface area contributed by atoms with Crippen molar-refractivity contribution in [2.24, 2.45) is 0 Å². The number of benzene rings is 2. The SMILES string of the molecule is COc1cc2c(cc1OC(C)C)-c1cc(C(=O)N[C@@H](CO)Cc3c[nH]c4ccccc34)c(Br)n1CC2. The number of aromatic amines is 1. The summed E-state index contributed by atoms with van der Waals surface area (Å²) in [6.45, 7) is 4.54. The number of hydrogen-bond acceptors (Lipinski definition) is 4. The number of carbonyl (C=O) groups is 1. The summed E-state index contributed by atoms with van der Waals surface area (Å²) in [5, 5.41) is 14.2. The van der Waals surface area contributed by atoms with Crippen LogP contribution in [0.25, 0.3) is 22.2 Å². The Labute approximate surface area is 218 Å². The Hall–Kier alpha value is -3.23. The maximum atomic E-state index is 13.4. The molecule has 1 atom stereocenters. The highest BCUT2D eigenvalue weighted by Crippen LogP contribution is 2.41. The topological polar surface area (TPSA) is 88.5 Å². The van der Waals surface area contributed by atoms with Crippen LogP contribution in [0.3, 0.4) is 0 Å². The van der Waals surface area contributed by atoms with E-state index in [1.807, 2.05) is 62.5 Å². The number of aliphatic hydroxyl groups is 1. The molecule has 8 heteroatoms. The molecule has 0 fully saturated rings. The van der Waals surface area contributed by atoms with Crippen LogP contribution < -0.4 is 14.8 Å². The highest BCUT2D eigenvalue weighted by Gasteiger charge is 2.27. The third kappa shape index (κ3) is 4.51. The number of fused-ring (bicyclic) bond motifs is 4. The van der Waals surface area contributed by atoms with Gasteiger partial charge in [-0.1, -0.05) is 18.2 Å². The standard InChI is InChI=1S/C28H30BrN3O4/c1-16(2)36-26-13-21-17(11-25(26)35-3)8-9-32-24(21)12-22(27(32)29)28(34)31-19(15-33)10-18-14-30-23-7-5-4-6-20(18)23/h4-7,11-14,16,19,30,33H,8-10,15H2,1-3H3,(H,31,34)/t19-/m1/s1. The van der Waals surface area contributed by atoms with Gasteiger partial charge in [-0.25, -0.2) is 0 Å². The third-order valence-electron chi connectivity index (χ3n) is 6.61. The number of halogens is 1. The van der Waals surface area contributed by atoms with Gasteiger partial charge in [0, 0.05) is 29.2 Å². The van der Waals surface area contributed by atoms with Crippen molar-refractivity contribution < 1.29 is 19.4 Å². The maximum absolute atomic E-state index is 13.4. The van der Waals surface area contributed by atoms with Crippen molar-refractivity contribution in [1.29, 1.82) is 0 Å². The lowest BCUT2D eigenvalue weighted by Gasteiger charge is -2.23. The van der Waals surface area contributed by atoms with Gasteiger partial charge in [-0.3, -0.25) is 4.79 Å². The molecule has 0 saturated heterocycles. The minimum atomic E-state index is -0.414. The zero-order valence-electron chi connectivity index (χ0n) is 20.6. The normalized spacial score (nSPS) is 13.4. The lowest BCUT2D eigenvalue weighted by atomic mass is 9.97. The molecule has 3 N–H and O–H groups in total. The van der Waals surface area contributed by atoms with Crippen LogP contribution in [0.1, 0.15) is 35.3 Å². The molecule has 0 spiro atoms. The zero-order chi connectivity index (χ0) is 25.4. The summed E-state index contributed by atoms with van der Waals surface area (Å²) in [6.07, 6.45) is 3.28. The van der Waals surface area contributed by atoms with Crippen LogP contribution in [0.2, 0.25) is 0 Å². The Morgan fingerprint density at radius 1 is 1.22 bits per heavy atom. The highest BCUT2D eigenvalue weighted by atomic mass is 79.9. The van der Waals surface area contributed by atoms with Gasteiger partial charge in [-0.15, -0.1) is 0 Å². The molecule has 0 unspecified atom stereocenters. The van der Waals surface area contributed by atoms with E-state index in [1.165, 1.54) is 0 Å². The molecule has 3 heterocycles. The summed E-state index contributed by atoms with van der Waals surface area (Å²) in [7, 11) is 1.65. The molecule has 0 aliphatic carbocycles. The van der Waals surface area contributed by atoms with Gasteiger partial charge in [0.15, 0.2) is 11.5 Å². The molecule has 1 aliphatic rings. The minimum Gasteiger partial charge on any atom is -0.493 e. The van der Waals surface area contributed by atoms with Gasteiger partial charge in [-0.2, -0.15) is 0 Å². The number of para-hydroxylation sites is 1. The van der Waals surface area contributed by atoms with Gasteiger partial charge in [0.1, 0.15) is 0 Å². The molecule has 7 nitrogen and oxygen atoms in total. The molecule has 0 radical (unpaired) electrons. The van der Waals surface area contributed by atoms with Crippen molar-refractivity contribution in [1.82, 2.24) is 14.9 Å². The first-order valence-electron chi connectivity index (χ1n) is 12.1. The van der Waals surface area contributed by atoms with Crippen LogP contribution in [0, 0.1) is 0 Å². The average molecular weight is 552 g/mol. The quantitative estimate of drug-likeness (QED) is 0.285. The summed E-state index contributed by atoms with van der Waals surface area (Å²) in [5.41, 5.74) is 5.75. The Morgan fingerprint density at radius 3 is 2.78 bits per heavy atom. The van der Waals surface area contributed by atoms with Crippen LogP contribution in [0.4, 0.5) is 0 Å².